The zero-order valence-electron chi connectivity index (χ0n) is 8.46. The van der Waals surface area contributed by atoms with E-state index in [9.17, 15) is 4.79 Å². The van der Waals surface area contributed by atoms with Crippen molar-refractivity contribution in [2.75, 3.05) is 0 Å². The quantitative estimate of drug-likeness (QED) is 0.765. The molecule has 0 bridgehead atoms. The van der Waals surface area contributed by atoms with Crippen molar-refractivity contribution in [2.24, 2.45) is 5.92 Å². The summed E-state index contributed by atoms with van der Waals surface area (Å²) in [5, 5.41) is 0. The van der Waals surface area contributed by atoms with E-state index in [1.54, 1.807) is 18.3 Å². The molecule has 0 saturated heterocycles. The first-order valence-corrected chi connectivity index (χ1v) is 5.52. The molecule has 1 aromatic rings. The molecule has 1 N–H and O–H groups in total. The molecule has 2 rings (SSSR count). The minimum Gasteiger partial charge on any atom is -0.365 e. The second kappa shape index (κ2) is 4.45. The van der Waals surface area contributed by atoms with Crippen LogP contribution in [-0.2, 0) is 6.42 Å². The predicted octanol–water partition coefficient (Wildman–Crippen LogP) is 2.50. The maximum atomic E-state index is 11.1. The highest BCUT2D eigenvalue weighted by atomic mass is 16.1. The summed E-state index contributed by atoms with van der Waals surface area (Å²) in [4.78, 5) is 14.3. The number of H-pyrrole nitrogens is 1. The van der Waals surface area contributed by atoms with Gasteiger partial charge in [-0.15, -0.1) is 0 Å². The summed E-state index contributed by atoms with van der Waals surface area (Å²) < 4.78 is 0. The first-order valence-electron chi connectivity index (χ1n) is 5.52. The van der Waals surface area contributed by atoms with Crippen molar-refractivity contribution in [3.05, 3.63) is 34.2 Å². The van der Waals surface area contributed by atoms with Crippen molar-refractivity contribution in [1.82, 2.24) is 4.98 Å². The van der Waals surface area contributed by atoms with Gasteiger partial charge in [0.1, 0.15) is 0 Å². The van der Waals surface area contributed by atoms with E-state index < -0.39 is 0 Å². The van der Waals surface area contributed by atoms with E-state index in [0.717, 1.165) is 18.0 Å². The summed E-state index contributed by atoms with van der Waals surface area (Å²) in [7, 11) is 0. The fourth-order valence-electron chi connectivity index (χ4n) is 2.31. The van der Waals surface area contributed by atoms with Crippen LogP contribution in [0.1, 0.15) is 37.8 Å². The maximum Gasteiger partial charge on any atom is 0.181 e. The lowest BCUT2D eigenvalue weighted by Gasteiger charge is -2.21. The monoisotopic (exact) mass is 191 g/mol. The molecule has 0 radical (unpaired) electrons. The zero-order chi connectivity index (χ0) is 9.80. The highest BCUT2D eigenvalue weighted by Gasteiger charge is 2.13. The molecule has 14 heavy (non-hydrogen) atoms. The van der Waals surface area contributed by atoms with Crippen LogP contribution < -0.4 is 5.43 Å². The topological polar surface area (TPSA) is 32.9 Å². The lowest BCUT2D eigenvalue weighted by atomic mass is 9.86. The van der Waals surface area contributed by atoms with E-state index >= 15 is 0 Å². The van der Waals surface area contributed by atoms with Crippen molar-refractivity contribution in [3.8, 4) is 0 Å². The van der Waals surface area contributed by atoms with Crippen molar-refractivity contribution in [1.29, 1.82) is 0 Å². The number of pyridine rings is 1. The molecule has 1 aromatic heterocycles. The van der Waals surface area contributed by atoms with E-state index in [2.05, 4.69) is 4.98 Å². The van der Waals surface area contributed by atoms with E-state index in [4.69, 9.17) is 0 Å². The Balaban J connectivity index is 1.99. The molecular formula is C12H17NO. The van der Waals surface area contributed by atoms with Gasteiger partial charge in [0, 0.05) is 24.0 Å². The fourth-order valence-corrected chi connectivity index (χ4v) is 2.31. The number of hydrogen-bond donors (Lipinski definition) is 1. The van der Waals surface area contributed by atoms with Crippen LogP contribution in [0.25, 0.3) is 0 Å². The van der Waals surface area contributed by atoms with Gasteiger partial charge < -0.3 is 4.98 Å². The molecule has 0 unspecified atom stereocenters. The SMILES string of the molecule is O=c1cc[nH]c(CC2CCCCC2)c1. The molecule has 1 fully saturated rings. The van der Waals surface area contributed by atoms with Gasteiger partial charge in [0.05, 0.1) is 0 Å². The first kappa shape index (κ1) is 9.50. The second-order valence-electron chi connectivity index (χ2n) is 4.26. The molecule has 0 spiro atoms. The van der Waals surface area contributed by atoms with Gasteiger partial charge in [0.25, 0.3) is 0 Å². The van der Waals surface area contributed by atoms with E-state index in [-0.39, 0.29) is 5.43 Å². The molecule has 0 aromatic carbocycles. The van der Waals surface area contributed by atoms with Crippen LogP contribution in [0, 0.1) is 5.92 Å². The normalized spacial score (nSPS) is 18.3. The number of nitrogens with one attached hydrogen (secondary N) is 1. The Morgan fingerprint density at radius 1 is 1.29 bits per heavy atom. The minimum atomic E-state index is 0.120. The van der Waals surface area contributed by atoms with Crippen molar-refractivity contribution >= 4 is 0 Å². The molecular weight excluding hydrogens is 174 g/mol. The molecule has 0 amide bonds. The van der Waals surface area contributed by atoms with Crippen molar-refractivity contribution in [2.45, 2.75) is 38.5 Å². The van der Waals surface area contributed by atoms with Gasteiger partial charge in [-0.25, -0.2) is 0 Å². The van der Waals surface area contributed by atoms with Crippen LogP contribution in [0.4, 0.5) is 0 Å². The molecule has 1 aliphatic carbocycles. The summed E-state index contributed by atoms with van der Waals surface area (Å²) in [6.07, 6.45) is 9.58. The van der Waals surface area contributed by atoms with Crippen LogP contribution in [0.3, 0.4) is 0 Å². The third-order valence-electron chi connectivity index (χ3n) is 3.07. The van der Waals surface area contributed by atoms with Gasteiger partial charge in [0.2, 0.25) is 0 Å². The Morgan fingerprint density at radius 3 is 2.79 bits per heavy atom. The average Bonchev–Trinajstić information content (AvgIpc) is 2.19. The van der Waals surface area contributed by atoms with E-state index in [0.29, 0.717) is 0 Å². The van der Waals surface area contributed by atoms with Crippen molar-refractivity contribution in [3.63, 3.8) is 0 Å². The van der Waals surface area contributed by atoms with E-state index in [1.165, 1.54) is 32.1 Å². The highest BCUT2D eigenvalue weighted by Crippen LogP contribution is 2.25. The smallest absolute Gasteiger partial charge is 0.181 e. The molecule has 2 heteroatoms. The van der Waals surface area contributed by atoms with Crippen LogP contribution in [0.15, 0.2) is 23.1 Å². The Kier molecular flexibility index (Phi) is 3.02. The van der Waals surface area contributed by atoms with Crippen LogP contribution >= 0.6 is 0 Å². The van der Waals surface area contributed by atoms with E-state index in [1.807, 2.05) is 0 Å². The van der Waals surface area contributed by atoms with Crippen LogP contribution in [0.5, 0.6) is 0 Å². The molecule has 0 aliphatic heterocycles. The summed E-state index contributed by atoms with van der Waals surface area (Å²) >= 11 is 0. The average molecular weight is 191 g/mol. The molecule has 0 atom stereocenters. The number of hydrogen-bond acceptors (Lipinski definition) is 1. The Labute approximate surface area is 84.4 Å². The van der Waals surface area contributed by atoms with Gasteiger partial charge >= 0.3 is 0 Å². The molecule has 1 heterocycles. The largest absolute Gasteiger partial charge is 0.365 e. The van der Waals surface area contributed by atoms with Crippen molar-refractivity contribution < 1.29 is 0 Å². The van der Waals surface area contributed by atoms with Gasteiger partial charge in [-0.3, -0.25) is 4.79 Å². The predicted molar refractivity (Wildman–Crippen MR) is 57.3 cm³/mol. The molecule has 1 aliphatic rings. The number of rotatable bonds is 2. The minimum absolute atomic E-state index is 0.120. The van der Waals surface area contributed by atoms with Gasteiger partial charge in [-0.1, -0.05) is 32.1 Å². The Bertz CT molecular complexity index is 336. The lowest BCUT2D eigenvalue weighted by Crippen LogP contribution is -2.11. The Morgan fingerprint density at radius 2 is 2.07 bits per heavy atom. The maximum absolute atomic E-state index is 11.1. The summed E-state index contributed by atoms with van der Waals surface area (Å²) in [5.74, 6) is 0.793. The summed E-state index contributed by atoms with van der Waals surface area (Å²) in [5.41, 5.74) is 1.22. The zero-order valence-corrected chi connectivity index (χ0v) is 8.46. The van der Waals surface area contributed by atoms with Gasteiger partial charge in [-0.05, 0) is 12.3 Å². The summed E-state index contributed by atoms with van der Waals surface area (Å²) in [6, 6.07) is 3.30. The third kappa shape index (κ3) is 2.47. The first-order chi connectivity index (χ1) is 6.84. The second-order valence-corrected chi connectivity index (χ2v) is 4.26. The molecule has 1 saturated carbocycles. The Hall–Kier alpha value is -1.05. The van der Waals surface area contributed by atoms with Gasteiger partial charge in [-0.2, -0.15) is 0 Å². The lowest BCUT2D eigenvalue weighted by molar-refractivity contribution is 0.354. The number of aromatic amines is 1. The fraction of sp³-hybridized carbons (Fsp3) is 0.583. The molecule has 2 nitrogen and oxygen atoms in total. The van der Waals surface area contributed by atoms with Crippen LogP contribution in [0.2, 0.25) is 0 Å². The number of aromatic nitrogens is 1. The third-order valence-corrected chi connectivity index (χ3v) is 3.07. The highest BCUT2D eigenvalue weighted by molar-refractivity contribution is 5.05. The summed E-state index contributed by atoms with van der Waals surface area (Å²) in [6.45, 7) is 0. The van der Waals surface area contributed by atoms with Crippen LogP contribution in [-0.4, -0.2) is 4.98 Å². The van der Waals surface area contributed by atoms with Gasteiger partial charge in [0.15, 0.2) is 5.43 Å². The molecule has 76 valence electrons. The standard InChI is InChI=1S/C12H17NO/c14-12-6-7-13-11(9-12)8-10-4-2-1-3-5-10/h6-7,9-10H,1-5,8H2,(H,13,14).